The van der Waals surface area contributed by atoms with Crippen molar-refractivity contribution in [1.82, 2.24) is 9.78 Å². The molecule has 0 unspecified atom stereocenters. The van der Waals surface area contributed by atoms with E-state index >= 15 is 0 Å². The molecule has 0 aliphatic heterocycles. The number of amides is 1. The Morgan fingerprint density at radius 1 is 1.19 bits per heavy atom. The van der Waals surface area contributed by atoms with Gasteiger partial charge in [0.15, 0.2) is 0 Å². The summed E-state index contributed by atoms with van der Waals surface area (Å²) in [6.07, 6.45) is 3.46. The Morgan fingerprint density at radius 2 is 2.00 bits per heavy atom. The first-order valence-corrected chi connectivity index (χ1v) is 8.47. The van der Waals surface area contributed by atoms with Crippen LogP contribution in [0.5, 0.6) is 0 Å². The second-order valence-corrected chi connectivity index (χ2v) is 5.96. The summed E-state index contributed by atoms with van der Waals surface area (Å²) in [7, 11) is 1.29. The highest BCUT2D eigenvalue weighted by Gasteiger charge is 2.13. The lowest BCUT2D eigenvalue weighted by atomic mass is 10.2. The molecule has 0 spiro atoms. The normalized spacial score (nSPS) is 10.3. The number of carbonyl (C=O) groups is 2. The van der Waals surface area contributed by atoms with Crippen molar-refractivity contribution in [2.45, 2.75) is 0 Å². The Hall–Kier alpha value is -3.32. The van der Waals surface area contributed by atoms with E-state index < -0.39 is 5.97 Å². The van der Waals surface area contributed by atoms with Crippen LogP contribution in [0, 0.1) is 0 Å². The highest BCUT2D eigenvalue weighted by molar-refractivity contribution is 6.32. The molecule has 3 aromatic rings. The van der Waals surface area contributed by atoms with E-state index in [9.17, 15) is 9.59 Å². The van der Waals surface area contributed by atoms with Gasteiger partial charge in [0.25, 0.3) is 0 Å². The van der Waals surface area contributed by atoms with Crippen LogP contribution in [0.15, 0.2) is 60.9 Å². The third-order valence-corrected chi connectivity index (χ3v) is 4.06. The molecule has 2 aromatic carbocycles. The summed E-state index contributed by atoms with van der Waals surface area (Å²) in [5, 5.41) is 10.3. The van der Waals surface area contributed by atoms with Gasteiger partial charge in [0.2, 0.25) is 5.91 Å². The summed E-state index contributed by atoms with van der Waals surface area (Å²) in [4.78, 5) is 24.0. The van der Waals surface area contributed by atoms with Crippen LogP contribution < -0.4 is 10.6 Å². The molecule has 0 fully saturated rings. The fraction of sp³-hybridized carbons (Fsp3) is 0.105. The summed E-state index contributed by atoms with van der Waals surface area (Å²) < 4.78 is 6.37. The minimum absolute atomic E-state index is 0.00690. The fourth-order valence-corrected chi connectivity index (χ4v) is 2.74. The van der Waals surface area contributed by atoms with E-state index in [2.05, 4.69) is 15.7 Å². The Labute approximate surface area is 160 Å². The van der Waals surface area contributed by atoms with Gasteiger partial charge in [-0.3, -0.25) is 4.79 Å². The monoisotopic (exact) mass is 384 g/mol. The first-order chi connectivity index (χ1) is 13.1. The maximum atomic E-state index is 12.2. The van der Waals surface area contributed by atoms with Crippen molar-refractivity contribution < 1.29 is 14.3 Å². The molecule has 1 aromatic heterocycles. The number of benzene rings is 2. The molecule has 1 heterocycles. The number of nitrogens with zero attached hydrogens (tertiary/aromatic N) is 2. The minimum Gasteiger partial charge on any atom is -0.465 e. The minimum atomic E-state index is -0.514. The van der Waals surface area contributed by atoms with Gasteiger partial charge in [-0.2, -0.15) is 5.10 Å². The van der Waals surface area contributed by atoms with Crippen molar-refractivity contribution in [1.29, 1.82) is 0 Å². The van der Waals surface area contributed by atoms with Crippen molar-refractivity contribution in [3.8, 4) is 5.69 Å². The van der Waals surface area contributed by atoms with Crippen molar-refractivity contribution in [2.24, 2.45) is 0 Å². The number of esters is 1. The van der Waals surface area contributed by atoms with Gasteiger partial charge in [-0.1, -0.05) is 23.7 Å². The molecule has 27 heavy (non-hydrogen) atoms. The molecule has 0 saturated heterocycles. The maximum Gasteiger partial charge on any atom is 0.339 e. The number of methoxy groups -OCH3 is 1. The average molecular weight is 385 g/mol. The lowest BCUT2D eigenvalue weighted by Crippen LogP contribution is -2.23. The molecule has 0 radical (unpaired) electrons. The first-order valence-electron chi connectivity index (χ1n) is 8.09. The molecular weight excluding hydrogens is 368 g/mol. The topological polar surface area (TPSA) is 85.2 Å². The number of anilines is 2. The number of nitrogens with one attached hydrogen (secondary N) is 2. The molecule has 0 aliphatic rings. The van der Waals surface area contributed by atoms with E-state index in [0.717, 1.165) is 5.69 Å². The van der Waals surface area contributed by atoms with Crippen LogP contribution in [-0.4, -0.2) is 35.3 Å². The van der Waals surface area contributed by atoms with Gasteiger partial charge >= 0.3 is 5.97 Å². The third-order valence-electron chi connectivity index (χ3n) is 3.76. The average Bonchev–Trinajstić information content (AvgIpc) is 3.20. The summed E-state index contributed by atoms with van der Waals surface area (Å²) in [6.45, 7) is 0.00690. The standard InChI is InChI=1S/C19H17ClN4O3/c1-27-19(26)14-5-2-3-6-16(14)23-18(25)12-21-13-7-8-17(15(20)11-13)24-10-4-9-22-24/h2-11,21H,12H2,1H3,(H,23,25). The zero-order valence-corrected chi connectivity index (χ0v) is 15.2. The molecular formula is C19H17ClN4O3. The van der Waals surface area contributed by atoms with E-state index in [1.54, 1.807) is 59.5 Å². The maximum absolute atomic E-state index is 12.2. The molecule has 0 aliphatic carbocycles. The fourth-order valence-electron chi connectivity index (χ4n) is 2.47. The quantitative estimate of drug-likeness (QED) is 0.636. The summed E-state index contributed by atoms with van der Waals surface area (Å²) in [5.74, 6) is -0.821. The molecule has 8 heteroatoms. The zero-order valence-electron chi connectivity index (χ0n) is 14.5. The number of aromatic nitrogens is 2. The van der Waals surface area contributed by atoms with Gasteiger partial charge in [0.05, 0.1) is 35.6 Å². The largest absolute Gasteiger partial charge is 0.465 e. The number of halogens is 1. The number of hydrogen-bond acceptors (Lipinski definition) is 5. The van der Waals surface area contributed by atoms with Gasteiger partial charge in [0.1, 0.15) is 0 Å². The van der Waals surface area contributed by atoms with Crippen LogP contribution in [0.2, 0.25) is 5.02 Å². The highest BCUT2D eigenvalue weighted by Crippen LogP contribution is 2.24. The molecule has 7 nitrogen and oxygen atoms in total. The predicted octanol–water partition coefficient (Wildman–Crippen LogP) is 3.36. The predicted molar refractivity (Wildman–Crippen MR) is 103 cm³/mol. The van der Waals surface area contributed by atoms with E-state index in [-0.39, 0.29) is 12.5 Å². The van der Waals surface area contributed by atoms with Crippen LogP contribution in [0.25, 0.3) is 5.69 Å². The van der Waals surface area contributed by atoms with Crippen LogP contribution in [0.1, 0.15) is 10.4 Å². The smallest absolute Gasteiger partial charge is 0.339 e. The second kappa shape index (κ2) is 8.37. The molecule has 0 atom stereocenters. The summed E-state index contributed by atoms with van der Waals surface area (Å²) in [6, 6.07) is 13.8. The Kier molecular flexibility index (Phi) is 5.73. The van der Waals surface area contributed by atoms with Crippen LogP contribution in [0.3, 0.4) is 0 Å². The van der Waals surface area contributed by atoms with Crippen LogP contribution >= 0.6 is 11.6 Å². The van der Waals surface area contributed by atoms with Crippen molar-refractivity contribution in [2.75, 3.05) is 24.3 Å². The SMILES string of the molecule is COC(=O)c1ccccc1NC(=O)CNc1ccc(-n2cccn2)c(Cl)c1. The number of hydrogen-bond donors (Lipinski definition) is 2. The number of carbonyl (C=O) groups excluding carboxylic acids is 2. The molecule has 0 saturated carbocycles. The zero-order chi connectivity index (χ0) is 19.2. The van der Waals surface area contributed by atoms with Crippen molar-refractivity contribution >= 4 is 34.9 Å². The van der Waals surface area contributed by atoms with E-state index in [1.807, 2.05) is 6.07 Å². The highest BCUT2D eigenvalue weighted by atomic mass is 35.5. The number of ether oxygens (including phenoxy) is 1. The van der Waals surface area contributed by atoms with Crippen LogP contribution in [-0.2, 0) is 9.53 Å². The Morgan fingerprint density at radius 3 is 2.70 bits per heavy atom. The van der Waals surface area contributed by atoms with Gasteiger partial charge < -0.3 is 15.4 Å². The molecule has 3 rings (SSSR count). The van der Waals surface area contributed by atoms with E-state index in [4.69, 9.17) is 16.3 Å². The molecule has 2 N–H and O–H groups in total. The van der Waals surface area contributed by atoms with Gasteiger partial charge in [-0.15, -0.1) is 0 Å². The Balaban J connectivity index is 1.63. The third kappa shape index (κ3) is 4.45. The summed E-state index contributed by atoms with van der Waals surface area (Å²) >= 11 is 6.28. The number of para-hydroxylation sites is 1. The molecule has 1 amide bonds. The van der Waals surface area contributed by atoms with Gasteiger partial charge in [0, 0.05) is 18.1 Å². The van der Waals surface area contributed by atoms with E-state index in [0.29, 0.717) is 22.0 Å². The van der Waals surface area contributed by atoms with Crippen LogP contribution in [0.4, 0.5) is 11.4 Å². The first kappa shape index (κ1) is 18.5. The summed E-state index contributed by atoms with van der Waals surface area (Å²) in [5.41, 5.74) is 2.11. The van der Waals surface area contributed by atoms with Crippen molar-refractivity contribution in [3.05, 3.63) is 71.5 Å². The van der Waals surface area contributed by atoms with Gasteiger partial charge in [-0.05, 0) is 36.4 Å². The van der Waals surface area contributed by atoms with Crippen molar-refractivity contribution in [3.63, 3.8) is 0 Å². The number of rotatable bonds is 6. The van der Waals surface area contributed by atoms with Gasteiger partial charge in [-0.25, -0.2) is 9.48 Å². The second-order valence-electron chi connectivity index (χ2n) is 5.56. The lowest BCUT2D eigenvalue weighted by Gasteiger charge is -2.12. The molecule has 0 bridgehead atoms. The lowest BCUT2D eigenvalue weighted by molar-refractivity contribution is -0.114. The Bertz CT molecular complexity index is 957. The van der Waals surface area contributed by atoms with E-state index in [1.165, 1.54) is 7.11 Å². The molecule has 138 valence electrons.